The van der Waals surface area contributed by atoms with Gasteiger partial charge in [0.15, 0.2) is 11.0 Å². The summed E-state index contributed by atoms with van der Waals surface area (Å²) in [4.78, 5) is 64.0. The van der Waals surface area contributed by atoms with Crippen LogP contribution in [0.2, 0.25) is 0 Å². The molecule has 1 N–H and O–H groups in total. The van der Waals surface area contributed by atoms with Gasteiger partial charge in [-0.2, -0.15) is 8.42 Å². The van der Waals surface area contributed by atoms with E-state index in [1.807, 2.05) is 0 Å². The Morgan fingerprint density at radius 3 is 2.39 bits per heavy atom. The van der Waals surface area contributed by atoms with Gasteiger partial charge in [-0.25, -0.2) is 4.79 Å². The number of ketones is 1. The maximum Gasteiger partial charge on any atom is 0.342 e. The van der Waals surface area contributed by atoms with Gasteiger partial charge in [0, 0.05) is 19.5 Å². The summed E-state index contributed by atoms with van der Waals surface area (Å²) in [5, 5.41) is -2.12. The number of hydrogen-bond acceptors (Lipinski definition) is 9. The first-order valence-electron chi connectivity index (χ1n) is 8.23. The zero-order valence-electron chi connectivity index (χ0n) is 15.6. The van der Waals surface area contributed by atoms with Crippen LogP contribution in [0.5, 0.6) is 0 Å². The van der Waals surface area contributed by atoms with E-state index in [2.05, 4.69) is 4.84 Å². The second-order valence-electron chi connectivity index (χ2n) is 6.36. The van der Waals surface area contributed by atoms with E-state index >= 15 is 0 Å². The average molecular weight is 422 g/mol. The predicted molar refractivity (Wildman–Crippen MR) is 90.8 cm³/mol. The summed E-state index contributed by atoms with van der Waals surface area (Å²) < 4.78 is 36.0. The van der Waals surface area contributed by atoms with Gasteiger partial charge in [-0.3, -0.25) is 23.7 Å². The molecule has 1 unspecified atom stereocenters. The fourth-order valence-corrected chi connectivity index (χ4v) is 2.67. The van der Waals surface area contributed by atoms with Gasteiger partial charge in [0.2, 0.25) is 5.91 Å². The number of imide groups is 1. The Hall–Kier alpha value is -2.38. The first-order valence-corrected chi connectivity index (χ1v) is 9.73. The van der Waals surface area contributed by atoms with Crippen LogP contribution in [-0.4, -0.2) is 84.5 Å². The van der Waals surface area contributed by atoms with E-state index in [-0.39, 0.29) is 36.5 Å². The van der Waals surface area contributed by atoms with Crippen molar-refractivity contribution in [3.63, 3.8) is 0 Å². The molecule has 1 aliphatic rings. The minimum atomic E-state index is -4.83. The summed E-state index contributed by atoms with van der Waals surface area (Å²) in [6.07, 6.45) is -1.69. The molecule has 0 spiro atoms. The van der Waals surface area contributed by atoms with E-state index in [1.54, 1.807) is 13.8 Å². The quantitative estimate of drug-likeness (QED) is 0.190. The summed E-state index contributed by atoms with van der Waals surface area (Å²) >= 11 is 0. The van der Waals surface area contributed by atoms with Gasteiger partial charge in [-0.05, 0) is 0 Å². The van der Waals surface area contributed by atoms with Crippen molar-refractivity contribution < 1.29 is 46.5 Å². The minimum absolute atomic E-state index is 0.0505. The summed E-state index contributed by atoms with van der Waals surface area (Å²) in [7, 11) is -3.47. The normalized spacial score (nSPS) is 17.2. The molecule has 0 radical (unpaired) electrons. The van der Waals surface area contributed by atoms with Crippen molar-refractivity contribution in [1.29, 1.82) is 0 Å². The number of carbonyl (C=O) groups is 5. The standard InChI is InChI=1S/C15H22N2O10S/c1-9(2)10(18)8-26-5-4-16(3)12(19)7-14(21)27-17-13(20)6-11(15(17)22)28(23,24)25/h9,11H,4-8H2,1-3H3,(H,23,24,25). The summed E-state index contributed by atoms with van der Waals surface area (Å²) in [5.74, 6) is -4.79. The first kappa shape index (κ1) is 23.7. The van der Waals surface area contributed by atoms with Crippen molar-refractivity contribution in [3.05, 3.63) is 0 Å². The molecule has 3 amide bonds. The van der Waals surface area contributed by atoms with E-state index in [1.165, 1.54) is 7.05 Å². The highest BCUT2D eigenvalue weighted by Gasteiger charge is 2.48. The number of ether oxygens (including phenoxy) is 1. The molecule has 1 atom stereocenters. The number of amides is 3. The number of likely N-dealkylation sites (N-methyl/N-ethyl adjacent to an activating group) is 1. The third kappa shape index (κ3) is 6.65. The summed E-state index contributed by atoms with van der Waals surface area (Å²) in [6.45, 7) is 3.47. The van der Waals surface area contributed by atoms with E-state index in [0.29, 0.717) is 0 Å². The number of Topliss-reactive ketones (excluding diaryl/α,β-unsaturated/α-hetero) is 1. The first-order chi connectivity index (χ1) is 12.8. The van der Waals surface area contributed by atoms with Crippen LogP contribution < -0.4 is 0 Å². The molecule has 0 aromatic heterocycles. The van der Waals surface area contributed by atoms with Gasteiger partial charge in [0.25, 0.3) is 21.9 Å². The molecule has 0 aliphatic carbocycles. The summed E-state index contributed by atoms with van der Waals surface area (Å²) in [5.41, 5.74) is 0. The lowest BCUT2D eigenvalue weighted by molar-refractivity contribution is -0.198. The molecule has 1 fully saturated rings. The SMILES string of the molecule is CC(C)C(=O)COCCN(C)C(=O)CC(=O)ON1C(=O)CC(S(=O)(=O)O)C1=O. The third-order valence-corrected chi connectivity index (χ3v) is 4.88. The lowest BCUT2D eigenvalue weighted by Crippen LogP contribution is -2.38. The number of nitrogens with zero attached hydrogens (tertiary/aromatic N) is 2. The number of rotatable bonds is 10. The molecule has 0 bridgehead atoms. The Balaban J connectivity index is 2.46. The molecule has 1 heterocycles. The van der Waals surface area contributed by atoms with Crippen LogP contribution >= 0.6 is 0 Å². The number of carbonyl (C=O) groups excluding carboxylic acids is 5. The van der Waals surface area contributed by atoms with Gasteiger partial charge >= 0.3 is 5.97 Å². The molecule has 1 rings (SSSR count). The molecule has 1 saturated heterocycles. The maximum absolute atomic E-state index is 11.9. The molecule has 0 aromatic carbocycles. The fraction of sp³-hybridized carbons (Fsp3) is 0.667. The topological polar surface area (TPSA) is 165 Å². The highest BCUT2D eigenvalue weighted by molar-refractivity contribution is 7.87. The Kier molecular flexibility index (Phi) is 8.20. The zero-order chi connectivity index (χ0) is 21.6. The van der Waals surface area contributed by atoms with Crippen LogP contribution in [-0.2, 0) is 43.7 Å². The lowest BCUT2D eigenvalue weighted by Gasteiger charge is -2.18. The van der Waals surface area contributed by atoms with E-state index in [9.17, 15) is 32.4 Å². The molecule has 158 valence electrons. The van der Waals surface area contributed by atoms with Crippen LogP contribution in [0, 0.1) is 5.92 Å². The molecule has 0 aromatic rings. The monoisotopic (exact) mass is 422 g/mol. The van der Waals surface area contributed by atoms with Crippen LogP contribution in [0.15, 0.2) is 0 Å². The Labute approximate surface area is 161 Å². The van der Waals surface area contributed by atoms with E-state index in [4.69, 9.17) is 9.29 Å². The molecule has 28 heavy (non-hydrogen) atoms. The van der Waals surface area contributed by atoms with E-state index < -0.39 is 51.9 Å². The van der Waals surface area contributed by atoms with Crippen molar-refractivity contribution in [2.75, 3.05) is 26.8 Å². The molecular weight excluding hydrogens is 400 g/mol. The van der Waals surface area contributed by atoms with Crippen LogP contribution in [0.3, 0.4) is 0 Å². The van der Waals surface area contributed by atoms with Crippen LogP contribution in [0.25, 0.3) is 0 Å². The number of hydroxylamine groups is 2. The fourth-order valence-electron chi connectivity index (χ4n) is 1.97. The van der Waals surface area contributed by atoms with Crippen molar-refractivity contribution in [1.82, 2.24) is 9.96 Å². The smallest absolute Gasteiger partial charge is 0.342 e. The van der Waals surface area contributed by atoms with Gasteiger partial charge < -0.3 is 14.5 Å². The third-order valence-electron chi connectivity index (χ3n) is 3.80. The second kappa shape index (κ2) is 9.71. The van der Waals surface area contributed by atoms with Gasteiger partial charge in [0.1, 0.15) is 13.0 Å². The highest BCUT2D eigenvalue weighted by atomic mass is 32.2. The second-order valence-corrected chi connectivity index (χ2v) is 7.96. The Morgan fingerprint density at radius 1 is 1.29 bits per heavy atom. The molecule has 1 aliphatic heterocycles. The van der Waals surface area contributed by atoms with Crippen molar-refractivity contribution in [2.24, 2.45) is 5.92 Å². The van der Waals surface area contributed by atoms with Crippen molar-refractivity contribution in [2.45, 2.75) is 31.9 Å². The minimum Gasteiger partial charge on any atom is -0.372 e. The summed E-state index contributed by atoms with van der Waals surface area (Å²) in [6, 6.07) is 0. The van der Waals surface area contributed by atoms with Gasteiger partial charge in [-0.1, -0.05) is 13.8 Å². The lowest BCUT2D eigenvalue weighted by atomic mass is 10.1. The molecule has 0 saturated carbocycles. The van der Waals surface area contributed by atoms with Crippen molar-refractivity contribution in [3.8, 4) is 0 Å². The average Bonchev–Trinajstić information content (AvgIpc) is 2.86. The molecule has 12 nitrogen and oxygen atoms in total. The van der Waals surface area contributed by atoms with Gasteiger partial charge in [-0.15, -0.1) is 5.06 Å². The van der Waals surface area contributed by atoms with Gasteiger partial charge in [0.05, 0.1) is 13.0 Å². The predicted octanol–water partition coefficient (Wildman–Crippen LogP) is -1.45. The van der Waals surface area contributed by atoms with Crippen LogP contribution in [0.4, 0.5) is 0 Å². The van der Waals surface area contributed by atoms with Crippen LogP contribution in [0.1, 0.15) is 26.7 Å². The zero-order valence-corrected chi connectivity index (χ0v) is 16.4. The maximum atomic E-state index is 11.9. The Bertz CT molecular complexity index is 761. The van der Waals surface area contributed by atoms with Crippen molar-refractivity contribution >= 4 is 39.6 Å². The number of hydrogen-bond donors (Lipinski definition) is 1. The largest absolute Gasteiger partial charge is 0.372 e. The molecular formula is C15H22N2O10S. The molecule has 13 heteroatoms. The van der Waals surface area contributed by atoms with E-state index in [0.717, 1.165) is 4.90 Å². The Morgan fingerprint density at radius 2 is 1.89 bits per heavy atom. The highest BCUT2D eigenvalue weighted by Crippen LogP contribution is 2.20.